The molecule has 0 aliphatic rings. The number of methoxy groups -OCH3 is 1. The number of benzene rings is 1. The number of halogens is 3. The molecule has 0 aliphatic carbocycles. The molecule has 0 amide bonds. The largest absolute Gasteiger partial charge is 0.549 e. The summed E-state index contributed by atoms with van der Waals surface area (Å²) in [7, 11) is 1.16. The molecule has 0 spiro atoms. The molecule has 1 unspecified atom stereocenters. The Kier molecular flexibility index (Phi) is 3.95. The Balaban J connectivity index is 3.38. The van der Waals surface area contributed by atoms with Crippen LogP contribution < -0.4 is 9.84 Å². The molecule has 1 aromatic carbocycles. The van der Waals surface area contributed by atoms with Gasteiger partial charge in [-0.15, -0.1) is 0 Å². The minimum Gasteiger partial charge on any atom is -0.549 e. The van der Waals surface area contributed by atoms with Crippen LogP contribution in [0.4, 0.5) is 13.2 Å². The summed E-state index contributed by atoms with van der Waals surface area (Å²) in [6.45, 7) is 0. The Labute approximate surface area is 100.0 Å². The number of carboxylic acids is 1. The summed E-state index contributed by atoms with van der Waals surface area (Å²) in [5.74, 6) is -3.71. The second-order valence-corrected chi connectivity index (χ2v) is 3.39. The number of rotatable bonds is 4. The highest BCUT2D eigenvalue weighted by Gasteiger charge is 2.32. The molecule has 0 N–H and O–H groups in total. The second kappa shape index (κ2) is 5.07. The zero-order valence-corrected chi connectivity index (χ0v) is 9.15. The van der Waals surface area contributed by atoms with E-state index >= 15 is 0 Å². The van der Waals surface area contributed by atoms with Gasteiger partial charge in [-0.2, -0.15) is 13.2 Å². The van der Waals surface area contributed by atoms with E-state index in [0.717, 1.165) is 19.2 Å². The molecule has 1 rings (SSSR count). The van der Waals surface area contributed by atoms with Gasteiger partial charge in [-0.1, -0.05) is 0 Å². The Bertz CT molecular complexity index is 468. The van der Waals surface area contributed by atoms with Crippen molar-refractivity contribution in [2.45, 2.75) is 12.1 Å². The van der Waals surface area contributed by atoms with Crippen molar-refractivity contribution in [3.8, 4) is 5.75 Å². The number of carbonyl (C=O) groups is 2. The fourth-order valence-electron chi connectivity index (χ4n) is 1.41. The predicted octanol–water partition coefficient (Wildman–Crippen LogP) is 0.746. The van der Waals surface area contributed by atoms with Crippen LogP contribution in [-0.2, 0) is 15.8 Å². The molecule has 0 aromatic heterocycles. The molecule has 0 heterocycles. The van der Waals surface area contributed by atoms with E-state index < -0.39 is 23.6 Å². The first-order chi connectivity index (χ1) is 8.31. The number of hydrogen-bond acceptors (Lipinski definition) is 4. The predicted molar refractivity (Wildman–Crippen MR) is 51.8 cm³/mol. The van der Waals surface area contributed by atoms with Crippen LogP contribution >= 0.6 is 0 Å². The molecule has 98 valence electrons. The molecule has 1 atom stereocenters. The Hall–Kier alpha value is -2.05. The van der Waals surface area contributed by atoms with Crippen LogP contribution in [0.5, 0.6) is 5.75 Å². The van der Waals surface area contributed by atoms with Gasteiger partial charge in [-0.25, -0.2) is 0 Å². The number of hydrogen-bond donors (Lipinski definition) is 0. The fourth-order valence-corrected chi connectivity index (χ4v) is 1.41. The summed E-state index contributed by atoms with van der Waals surface area (Å²) in [4.78, 5) is 21.3. The van der Waals surface area contributed by atoms with Crippen LogP contribution in [0.2, 0.25) is 0 Å². The van der Waals surface area contributed by atoms with Crippen LogP contribution in [0.1, 0.15) is 17.0 Å². The monoisotopic (exact) mass is 261 g/mol. The van der Waals surface area contributed by atoms with E-state index in [1.54, 1.807) is 0 Å². The molecular formula is C11H8F3O4-. The zero-order chi connectivity index (χ0) is 13.9. The first-order valence-electron chi connectivity index (χ1n) is 4.72. The molecule has 0 bridgehead atoms. The van der Waals surface area contributed by atoms with Crippen LogP contribution in [-0.4, -0.2) is 19.4 Å². The van der Waals surface area contributed by atoms with Gasteiger partial charge in [0.2, 0.25) is 0 Å². The third kappa shape index (κ3) is 2.79. The Morgan fingerprint density at radius 1 is 1.44 bits per heavy atom. The van der Waals surface area contributed by atoms with Crippen molar-refractivity contribution in [2.75, 3.05) is 7.11 Å². The molecule has 18 heavy (non-hydrogen) atoms. The van der Waals surface area contributed by atoms with Crippen LogP contribution in [0, 0.1) is 0 Å². The average Bonchev–Trinajstić information content (AvgIpc) is 2.28. The molecule has 0 aliphatic heterocycles. The molecule has 4 nitrogen and oxygen atoms in total. The van der Waals surface area contributed by atoms with Crippen molar-refractivity contribution < 1.29 is 32.6 Å². The number of aldehydes is 1. The summed E-state index contributed by atoms with van der Waals surface area (Å²) in [5.41, 5.74) is -1.45. The standard InChI is InChI=1S/C11H9F3O4/c1-18-9-3-2-6(11(12,13)14)4-7(9)8(5-15)10(16)17/h2-5,8H,1H3,(H,16,17)/p-1. The second-order valence-electron chi connectivity index (χ2n) is 3.39. The van der Waals surface area contributed by atoms with Gasteiger partial charge in [0.05, 0.1) is 24.6 Å². The van der Waals surface area contributed by atoms with E-state index in [1.807, 2.05) is 0 Å². The van der Waals surface area contributed by atoms with Crippen LogP contribution in [0.15, 0.2) is 18.2 Å². The summed E-state index contributed by atoms with van der Waals surface area (Å²) < 4.78 is 42.2. The topological polar surface area (TPSA) is 66.4 Å². The van der Waals surface area contributed by atoms with Gasteiger partial charge in [-0.3, -0.25) is 0 Å². The maximum Gasteiger partial charge on any atom is 0.416 e. The maximum absolute atomic E-state index is 12.5. The quantitative estimate of drug-likeness (QED) is 0.592. The number of aliphatic carboxylic acids is 1. The summed E-state index contributed by atoms with van der Waals surface area (Å²) in [6.07, 6.45) is -4.65. The first kappa shape index (κ1) is 14.0. The number of carbonyl (C=O) groups excluding carboxylic acids is 2. The van der Waals surface area contributed by atoms with Crippen LogP contribution in [0.25, 0.3) is 0 Å². The van der Waals surface area contributed by atoms with Gasteiger partial charge in [0.25, 0.3) is 0 Å². The SMILES string of the molecule is COc1ccc(C(F)(F)F)cc1C(C=O)C(=O)[O-]. The van der Waals surface area contributed by atoms with Crippen molar-refractivity contribution in [3.63, 3.8) is 0 Å². The van der Waals surface area contributed by atoms with Crippen LogP contribution in [0.3, 0.4) is 0 Å². The van der Waals surface area contributed by atoms with Gasteiger partial charge in [0.15, 0.2) is 0 Å². The number of ether oxygens (including phenoxy) is 1. The number of alkyl halides is 3. The third-order valence-corrected chi connectivity index (χ3v) is 2.28. The molecular weight excluding hydrogens is 253 g/mol. The van der Waals surface area contributed by atoms with Gasteiger partial charge < -0.3 is 19.4 Å². The highest BCUT2D eigenvalue weighted by atomic mass is 19.4. The lowest BCUT2D eigenvalue weighted by Crippen LogP contribution is -2.31. The highest BCUT2D eigenvalue weighted by Crippen LogP contribution is 2.34. The first-order valence-corrected chi connectivity index (χ1v) is 4.72. The van der Waals surface area contributed by atoms with Gasteiger partial charge in [-0.05, 0) is 18.2 Å². The normalized spacial score (nSPS) is 12.9. The lowest BCUT2D eigenvalue weighted by atomic mass is 9.97. The van der Waals surface area contributed by atoms with Crippen molar-refractivity contribution in [1.29, 1.82) is 0 Å². The van der Waals surface area contributed by atoms with Crippen molar-refractivity contribution in [3.05, 3.63) is 29.3 Å². The van der Waals surface area contributed by atoms with E-state index in [-0.39, 0.29) is 17.6 Å². The van der Waals surface area contributed by atoms with E-state index in [1.165, 1.54) is 0 Å². The minimum atomic E-state index is -4.64. The average molecular weight is 261 g/mol. The van der Waals surface area contributed by atoms with Gasteiger partial charge in [0.1, 0.15) is 12.0 Å². The van der Waals surface area contributed by atoms with E-state index in [4.69, 9.17) is 4.74 Å². The lowest BCUT2D eigenvalue weighted by Gasteiger charge is -2.17. The summed E-state index contributed by atoms with van der Waals surface area (Å²) in [5, 5.41) is 10.7. The van der Waals surface area contributed by atoms with E-state index in [2.05, 4.69) is 0 Å². The van der Waals surface area contributed by atoms with Crippen molar-refractivity contribution in [1.82, 2.24) is 0 Å². The molecule has 0 saturated heterocycles. The fraction of sp³-hybridized carbons (Fsp3) is 0.273. The summed E-state index contributed by atoms with van der Waals surface area (Å²) in [6, 6.07) is 2.25. The van der Waals surface area contributed by atoms with Crippen molar-refractivity contribution >= 4 is 12.3 Å². The molecule has 0 saturated carbocycles. The molecule has 7 heteroatoms. The smallest absolute Gasteiger partial charge is 0.416 e. The van der Waals surface area contributed by atoms with Crippen molar-refractivity contribution in [2.24, 2.45) is 0 Å². The van der Waals surface area contributed by atoms with E-state index in [0.29, 0.717) is 6.07 Å². The summed E-state index contributed by atoms with van der Waals surface area (Å²) >= 11 is 0. The lowest BCUT2D eigenvalue weighted by molar-refractivity contribution is -0.306. The Morgan fingerprint density at radius 2 is 2.06 bits per heavy atom. The Morgan fingerprint density at radius 3 is 2.44 bits per heavy atom. The van der Waals surface area contributed by atoms with Gasteiger partial charge in [0, 0.05) is 5.56 Å². The highest BCUT2D eigenvalue weighted by molar-refractivity contribution is 5.92. The van der Waals surface area contributed by atoms with Gasteiger partial charge >= 0.3 is 6.18 Å². The molecule has 1 aromatic rings. The van der Waals surface area contributed by atoms with E-state index in [9.17, 15) is 27.9 Å². The molecule has 0 radical (unpaired) electrons. The maximum atomic E-state index is 12.5. The molecule has 0 fully saturated rings. The third-order valence-electron chi connectivity index (χ3n) is 2.28. The number of carboxylic acid groups (broad SMARTS) is 1. The minimum absolute atomic E-state index is 0.00661. The zero-order valence-electron chi connectivity index (χ0n) is 9.15.